The Labute approximate surface area is 147 Å². The second-order valence-corrected chi connectivity index (χ2v) is 6.17. The van der Waals surface area contributed by atoms with Crippen LogP contribution in [0.15, 0.2) is 12.1 Å². The average molecular weight is 351 g/mol. The van der Waals surface area contributed by atoms with Crippen molar-refractivity contribution in [3.8, 4) is 17.2 Å². The molecule has 2 rings (SSSR count). The van der Waals surface area contributed by atoms with E-state index in [9.17, 15) is 14.7 Å². The molecule has 1 aliphatic carbocycles. The summed E-state index contributed by atoms with van der Waals surface area (Å²) in [5.41, 5.74) is -0.965. The molecule has 1 fully saturated rings. The molecule has 1 aliphatic rings. The quantitative estimate of drug-likeness (QED) is 0.765. The molecule has 0 unspecified atom stereocenters. The predicted molar refractivity (Wildman–Crippen MR) is 91.6 cm³/mol. The van der Waals surface area contributed by atoms with Gasteiger partial charge in [0.1, 0.15) is 5.54 Å². The number of nitrogens with one attached hydrogen (secondary N) is 1. The molecule has 0 spiro atoms. The average Bonchev–Trinajstić information content (AvgIpc) is 2.86. The van der Waals surface area contributed by atoms with Crippen molar-refractivity contribution in [1.82, 2.24) is 5.32 Å². The van der Waals surface area contributed by atoms with Crippen LogP contribution < -0.4 is 19.5 Å². The number of carboxylic acid groups (broad SMARTS) is 1. The molecule has 1 amide bonds. The molecule has 0 radical (unpaired) electrons. The highest BCUT2D eigenvalue weighted by Gasteiger charge is 2.40. The van der Waals surface area contributed by atoms with Crippen LogP contribution in [0.1, 0.15) is 48.9 Å². The summed E-state index contributed by atoms with van der Waals surface area (Å²) in [5.74, 6) is -0.391. The van der Waals surface area contributed by atoms with Gasteiger partial charge in [-0.3, -0.25) is 4.79 Å². The zero-order chi connectivity index (χ0) is 18.4. The van der Waals surface area contributed by atoms with Crippen molar-refractivity contribution in [2.24, 2.45) is 0 Å². The Kier molecular flexibility index (Phi) is 6.12. The second kappa shape index (κ2) is 8.09. The Morgan fingerprint density at radius 1 is 0.960 bits per heavy atom. The van der Waals surface area contributed by atoms with E-state index in [1.807, 2.05) is 0 Å². The van der Waals surface area contributed by atoms with Gasteiger partial charge in [0, 0.05) is 5.56 Å². The van der Waals surface area contributed by atoms with Crippen molar-refractivity contribution in [2.45, 2.75) is 44.1 Å². The summed E-state index contributed by atoms with van der Waals surface area (Å²) in [6.07, 6.45) is 4.38. The summed E-state index contributed by atoms with van der Waals surface area (Å²) in [4.78, 5) is 24.6. The standard InChI is InChI=1S/C18H25NO6/c1-23-13-10-12(11-14(24-2)15(13)25-3)16(20)19-18(17(21)22)8-6-4-5-7-9-18/h10-11H,4-9H2,1-3H3,(H,19,20)(H,21,22). The summed E-state index contributed by atoms with van der Waals surface area (Å²) in [5, 5.41) is 12.4. The number of aliphatic carboxylic acids is 1. The van der Waals surface area contributed by atoms with Gasteiger partial charge in [0.15, 0.2) is 11.5 Å². The zero-order valence-corrected chi connectivity index (χ0v) is 14.9. The molecular weight excluding hydrogens is 326 g/mol. The van der Waals surface area contributed by atoms with E-state index in [4.69, 9.17) is 14.2 Å². The van der Waals surface area contributed by atoms with E-state index < -0.39 is 17.4 Å². The molecule has 7 nitrogen and oxygen atoms in total. The monoisotopic (exact) mass is 351 g/mol. The molecule has 1 saturated carbocycles. The van der Waals surface area contributed by atoms with Gasteiger partial charge in [-0.2, -0.15) is 0 Å². The van der Waals surface area contributed by atoms with E-state index in [1.54, 1.807) is 0 Å². The molecule has 1 aromatic carbocycles. The summed E-state index contributed by atoms with van der Waals surface area (Å²) >= 11 is 0. The summed E-state index contributed by atoms with van der Waals surface area (Å²) in [6.45, 7) is 0. The molecule has 0 aromatic heterocycles. The van der Waals surface area contributed by atoms with Crippen molar-refractivity contribution in [2.75, 3.05) is 21.3 Å². The number of methoxy groups -OCH3 is 3. The van der Waals surface area contributed by atoms with Gasteiger partial charge < -0.3 is 24.6 Å². The van der Waals surface area contributed by atoms with Gasteiger partial charge in [-0.15, -0.1) is 0 Å². The number of carbonyl (C=O) groups excluding carboxylic acids is 1. The highest BCUT2D eigenvalue weighted by molar-refractivity contribution is 5.99. The first-order chi connectivity index (χ1) is 12.0. The highest BCUT2D eigenvalue weighted by atomic mass is 16.5. The molecule has 25 heavy (non-hydrogen) atoms. The molecule has 138 valence electrons. The van der Waals surface area contributed by atoms with E-state index in [0.717, 1.165) is 25.7 Å². The van der Waals surface area contributed by atoms with Crippen LogP contribution in [-0.2, 0) is 4.79 Å². The molecule has 2 N–H and O–H groups in total. The van der Waals surface area contributed by atoms with Crippen molar-refractivity contribution in [1.29, 1.82) is 0 Å². The summed E-state index contributed by atoms with van der Waals surface area (Å²) < 4.78 is 15.7. The smallest absolute Gasteiger partial charge is 0.329 e. The number of rotatable bonds is 6. The van der Waals surface area contributed by atoms with E-state index in [2.05, 4.69) is 5.32 Å². The van der Waals surface area contributed by atoms with Gasteiger partial charge >= 0.3 is 5.97 Å². The van der Waals surface area contributed by atoms with Crippen LogP contribution >= 0.6 is 0 Å². The SMILES string of the molecule is COc1cc(C(=O)NC2(C(=O)O)CCCCCC2)cc(OC)c1OC. The van der Waals surface area contributed by atoms with Crippen LogP contribution in [0.25, 0.3) is 0 Å². The minimum absolute atomic E-state index is 0.263. The lowest BCUT2D eigenvalue weighted by Crippen LogP contribution is -2.54. The number of hydrogen-bond donors (Lipinski definition) is 2. The van der Waals surface area contributed by atoms with Crippen molar-refractivity contribution in [3.05, 3.63) is 17.7 Å². The van der Waals surface area contributed by atoms with Gasteiger partial charge in [-0.05, 0) is 25.0 Å². The van der Waals surface area contributed by atoms with Crippen LogP contribution in [0.2, 0.25) is 0 Å². The Morgan fingerprint density at radius 2 is 1.48 bits per heavy atom. The van der Waals surface area contributed by atoms with Crippen LogP contribution in [0.5, 0.6) is 17.2 Å². The molecule has 0 saturated heterocycles. The number of amides is 1. The number of carbonyl (C=O) groups is 2. The second-order valence-electron chi connectivity index (χ2n) is 6.17. The number of ether oxygens (including phenoxy) is 3. The Morgan fingerprint density at radius 3 is 1.88 bits per heavy atom. The third-order valence-corrected chi connectivity index (χ3v) is 4.65. The van der Waals surface area contributed by atoms with Gasteiger partial charge in [-0.25, -0.2) is 4.79 Å². The van der Waals surface area contributed by atoms with Crippen LogP contribution in [0.3, 0.4) is 0 Å². The van der Waals surface area contributed by atoms with Crippen LogP contribution in [0.4, 0.5) is 0 Å². The fraction of sp³-hybridized carbons (Fsp3) is 0.556. The Bertz CT molecular complexity index is 609. The minimum Gasteiger partial charge on any atom is -0.493 e. The zero-order valence-electron chi connectivity index (χ0n) is 14.9. The first-order valence-corrected chi connectivity index (χ1v) is 8.33. The lowest BCUT2D eigenvalue weighted by Gasteiger charge is -2.29. The van der Waals surface area contributed by atoms with E-state index in [0.29, 0.717) is 30.1 Å². The number of hydrogen-bond acceptors (Lipinski definition) is 5. The van der Waals surface area contributed by atoms with E-state index in [-0.39, 0.29) is 5.56 Å². The number of benzene rings is 1. The fourth-order valence-corrected chi connectivity index (χ4v) is 3.23. The molecule has 0 heterocycles. The largest absolute Gasteiger partial charge is 0.493 e. The topological polar surface area (TPSA) is 94.1 Å². The third kappa shape index (κ3) is 3.97. The summed E-state index contributed by atoms with van der Waals surface area (Å²) in [7, 11) is 4.40. The Hall–Kier alpha value is -2.44. The third-order valence-electron chi connectivity index (χ3n) is 4.65. The molecule has 7 heteroatoms. The van der Waals surface area contributed by atoms with Gasteiger partial charge in [0.05, 0.1) is 21.3 Å². The maximum absolute atomic E-state index is 12.7. The normalized spacial score (nSPS) is 16.4. The van der Waals surface area contributed by atoms with Crippen molar-refractivity contribution >= 4 is 11.9 Å². The van der Waals surface area contributed by atoms with E-state index >= 15 is 0 Å². The van der Waals surface area contributed by atoms with Gasteiger partial charge in [-0.1, -0.05) is 25.7 Å². The molecule has 0 atom stereocenters. The first kappa shape index (κ1) is 18.9. The molecule has 1 aromatic rings. The molecular formula is C18H25NO6. The lowest BCUT2D eigenvalue weighted by molar-refractivity contribution is -0.145. The van der Waals surface area contributed by atoms with Crippen molar-refractivity contribution in [3.63, 3.8) is 0 Å². The highest BCUT2D eigenvalue weighted by Crippen LogP contribution is 2.38. The van der Waals surface area contributed by atoms with Gasteiger partial charge in [0.2, 0.25) is 5.75 Å². The molecule has 0 aliphatic heterocycles. The lowest BCUT2D eigenvalue weighted by atomic mass is 9.89. The Balaban J connectivity index is 2.34. The fourth-order valence-electron chi connectivity index (χ4n) is 3.23. The van der Waals surface area contributed by atoms with Crippen LogP contribution in [0, 0.1) is 0 Å². The predicted octanol–water partition coefficient (Wildman–Crippen LogP) is 2.62. The minimum atomic E-state index is -1.23. The summed E-state index contributed by atoms with van der Waals surface area (Å²) in [6, 6.07) is 3.03. The first-order valence-electron chi connectivity index (χ1n) is 8.33. The van der Waals surface area contributed by atoms with Crippen molar-refractivity contribution < 1.29 is 28.9 Å². The maximum Gasteiger partial charge on any atom is 0.329 e. The number of carboxylic acids is 1. The maximum atomic E-state index is 12.7. The van der Waals surface area contributed by atoms with E-state index in [1.165, 1.54) is 33.5 Å². The molecule has 0 bridgehead atoms. The van der Waals surface area contributed by atoms with Gasteiger partial charge in [0.25, 0.3) is 5.91 Å². The van der Waals surface area contributed by atoms with Crippen LogP contribution in [-0.4, -0.2) is 43.9 Å².